The fourth-order valence-electron chi connectivity index (χ4n) is 3.25. The van der Waals surface area contributed by atoms with E-state index in [2.05, 4.69) is 28.7 Å². The maximum Gasteiger partial charge on any atom is 0.183 e. The summed E-state index contributed by atoms with van der Waals surface area (Å²) >= 11 is 2.57. The number of ether oxygens (including phenoxy) is 2. The van der Waals surface area contributed by atoms with Crippen LogP contribution in [0.1, 0.15) is 43.1 Å². The highest BCUT2D eigenvalue weighted by molar-refractivity contribution is 14.1. The molecule has 0 spiro atoms. The Morgan fingerprint density at radius 2 is 1.57 bits per heavy atom. The molecule has 1 aromatic carbocycles. The van der Waals surface area contributed by atoms with E-state index in [0.29, 0.717) is 11.5 Å². The van der Waals surface area contributed by atoms with Gasteiger partial charge < -0.3 is 9.47 Å². The molecule has 1 saturated carbocycles. The molecule has 1 aliphatic heterocycles. The summed E-state index contributed by atoms with van der Waals surface area (Å²) in [5, 5.41) is 8.82. The molecule has 0 aromatic heterocycles. The summed E-state index contributed by atoms with van der Waals surface area (Å²) in [6, 6.07) is 9.60. The molecule has 2 aliphatic rings. The third-order valence-corrected chi connectivity index (χ3v) is 5.85. The quantitative estimate of drug-likeness (QED) is 0.555. The molecule has 4 heteroatoms. The molecular formula is C17H20INO2. The highest BCUT2D eigenvalue weighted by atomic mass is 127. The van der Waals surface area contributed by atoms with Crippen molar-refractivity contribution in [2.75, 3.05) is 13.2 Å². The van der Waals surface area contributed by atoms with Crippen LogP contribution in [0.5, 0.6) is 0 Å². The minimum Gasteiger partial charge on any atom is -0.348 e. The maximum absolute atomic E-state index is 8.82. The van der Waals surface area contributed by atoms with Crippen molar-refractivity contribution in [3.05, 3.63) is 35.4 Å². The number of halogens is 1. The first-order valence-corrected chi connectivity index (χ1v) is 8.88. The summed E-state index contributed by atoms with van der Waals surface area (Å²) in [5.74, 6) is 1.31. The van der Waals surface area contributed by atoms with Crippen molar-refractivity contribution in [2.24, 2.45) is 11.8 Å². The monoisotopic (exact) mass is 397 g/mol. The molecule has 0 radical (unpaired) electrons. The normalized spacial score (nSPS) is 33.3. The molecule has 0 N–H and O–H groups in total. The number of rotatable bonds is 2. The predicted molar refractivity (Wildman–Crippen MR) is 89.1 cm³/mol. The van der Waals surface area contributed by atoms with Gasteiger partial charge >= 0.3 is 0 Å². The van der Waals surface area contributed by atoms with E-state index in [-0.39, 0.29) is 6.29 Å². The van der Waals surface area contributed by atoms with Gasteiger partial charge in [0.05, 0.1) is 24.8 Å². The minimum absolute atomic E-state index is 0.269. The van der Waals surface area contributed by atoms with Gasteiger partial charge in [-0.05, 0) is 43.7 Å². The van der Waals surface area contributed by atoms with Crippen LogP contribution < -0.4 is 0 Å². The van der Waals surface area contributed by atoms with E-state index in [0.717, 1.165) is 28.6 Å². The molecule has 112 valence electrons. The Morgan fingerprint density at radius 3 is 2.14 bits per heavy atom. The van der Waals surface area contributed by atoms with Gasteiger partial charge in [0, 0.05) is 15.4 Å². The summed E-state index contributed by atoms with van der Waals surface area (Å²) in [5.41, 5.74) is 1.67. The van der Waals surface area contributed by atoms with Crippen molar-refractivity contribution < 1.29 is 9.47 Å². The first-order valence-electron chi connectivity index (χ1n) is 7.63. The standard InChI is InChI=1S/C17H20INO2/c18-16-7-5-13(6-8-16)15-10-20-17(21-11-15)14-3-1-12(9-19)2-4-14/h1-4,13,15-17H,5-8,10-11H2. The molecule has 0 unspecified atom stereocenters. The molecule has 1 aromatic rings. The maximum atomic E-state index is 8.82. The second kappa shape index (κ2) is 7.08. The Bertz CT molecular complexity index is 495. The van der Waals surface area contributed by atoms with Crippen LogP contribution in [-0.2, 0) is 9.47 Å². The van der Waals surface area contributed by atoms with Crippen molar-refractivity contribution in [3.8, 4) is 6.07 Å². The zero-order chi connectivity index (χ0) is 14.7. The lowest BCUT2D eigenvalue weighted by atomic mass is 9.80. The Kier molecular flexibility index (Phi) is 5.15. The smallest absolute Gasteiger partial charge is 0.183 e. The SMILES string of the molecule is N#Cc1ccc(C2OCC(C3CCC(I)CC3)CO2)cc1. The third kappa shape index (κ3) is 3.77. The summed E-state index contributed by atoms with van der Waals surface area (Å²) in [6.45, 7) is 1.59. The molecule has 0 amide bonds. The molecule has 21 heavy (non-hydrogen) atoms. The van der Waals surface area contributed by atoms with E-state index in [4.69, 9.17) is 14.7 Å². The second-order valence-corrected chi connectivity index (χ2v) is 7.77. The van der Waals surface area contributed by atoms with Gasteiger partial charge in [0.15, 0.2) is 6.29 Å². The lowest BCUT2D eigenvalue weighted by molar-refractivity contribution is -0.214. The zero-order valence-electron chi connectivity index (χ0n) is 12.0. The predicted octanol–water partition coefficient (Wildman–Crippen LogP) is 4.21. The van der Waals surface area contributed by atoms with Crippen molar-refractivity contribution in [1.82, 2.24) is 0 Å². The molecule has 0 atom stereocenters. The average Bonchev–Trinajstić information content (AvgIpc) is 2.56. The molecule has 1 heterocycles. The molecule has 3 rings (SSSR count). The van der Waals surface area contributed by atoms with Gasteiger partial charge in [-0.1, -0.05) is 34.7 Å². The number of hydrogen-bond acceptors (Lipinski definition) is 3. The van der Waals surface area contributed by atoms with Crippen molar-refractivity contribution >= 4 is 22.6 Å². The van der Waals surface area contributed by atoms with E-state index in [1.807, 2.05) is 24.3 Å². The summed E-state index contributed by atoms with van der Waals surface area (Å²) < 4.78 is 12.7. The Morgan fingerprint density at radius 1 is 0.952 bits per heavy atom. The molecule has 1 aliphatic carbocycles. The Hall–Kier alpha value is -0.640. The molecule has 3 nitrogen and oxygen atoms in total. The lowest BCUT2D eigenvalue weighted by Crippen LogP contribution is -2.34. The number of alkyl halides is 1. The number of hydrogen-bond donors (Lipinski definition) is 0. The molecule has 0 bridgehead atoms. The zero-order valence-corrected chi connectivity index (χ0v) is 14.2. The third-order valence-electron chi connectivity index (χ3n) is 4.60. The van der Waals surface area contributed by atoms with E-state index >= 15 is 0 Å². The summed E-state index contributed by atoms with van der Waals surface area (Å²) in [4.78, 5) is 0. The lowest BCUT2D eigenvalue weighted by Gasteiger charge is -2.37. The average molecular weight is 397 g/mol. The molecule has 1 saturated heterocycles. The second-order valence-electron chi connectivity index (χ2n) is 6.00. The van der Waals surface area contributed by atoms with Crippen molar-refractivity contribution in [2.45, 2.75) is 35.9 Å². The Labute approximate surface area is 139 Å². The van der Waals surface area contributed by atoms with Gasteiger partial charge in [-0.2, -0.15) is 5.26 Å². The molecular weight excluding hydrogens is 377 g/mol. The van der Waals surface area contributed by atoms with Crippen LogP contribution in [0.15, 0.2) is 24.3 Å². The van der Waals surface area contributed by atoms with E-state index < -0.39 is 0 Å². The number of benzene rings is 1. The van der Waals surface area contributed by atoms with Gasteiger partial charge in [0.1, 0.15) is 0 Å². The van der Waals surface area contributed by atoms with Crippen LogP contribution in [0.25, 0.3) is 0 Å². The van der Waals surface area contributed by atoms with Gasteiger partial charge in [0.25, 0.3) is 0 Å². The van der Waals surface area contributed by atoms with Gasteiger partial charge in [0.2, 0.25) is 0 Å². The number of nitrogens with zero attached hydrogens (tertiary/aromatic N) is 1. The van der Waals surface area contributed by atoms with Crippen LogP contribution in [0, 0.1) is 23.2 Å². The first-order chi connectivity index (χ1) is 10.3. The van der Waals surface area contributed by atoms with E-state index in [1.165, 1.54) is 25.7 Å². The van der Waals surface area contributed by atoms with Crippen molar-refractivity contribution in [1.29, 1.82) is 5.26 Å². The van der Waals surface area contributed by atoms with Gasteiger partial charge in [-0.3, -0.25) is 0 Å². The minimum atomic E-state index is -0.269. The fourth-order valence-corrected chi connectivity index (χ4v) is 3.97. The highest BCUT2D eigenvalue weighted by Gasteiger charge is 2.31. The summed E-state index contributed by atoms with van der Waals surface area (Å²) in [7, 11) is 0. The Balaban J connectivity index is 1.53. The van der Waals surface area contributed by atoms with Crippen LogP contribution >= 0.6 is 22.6 Å². The van der Waals surface area contributed by atoms with E-state index in [1.54, 1.807) is 0 Å². The molecule has 2 fully saturated rings. The first kappa shape index (κ1) is 15.3. The van der Waals surface area contributed by atoms with Crippen molar-refractivity contribution in [3.63, 3.8) is 0 Å². The number of nitriles is 1. The van der Waals surface area contributed by atoms with Gasteiger partial charge in [-0.15, -0.1) is 0 Å². The highest BCUT2D eigenvalue weighted by Crippen LogP contribution is 2.37. The van der Waals surface area contributed by atoms with Crippen LogP contribution in [0.3, 0.4) is 0 Å². The van der Waals surface area contributed by atoms with Crippen LogP contribution in [-0.4, -0.2) is 17.1 Å². The van der Waals surface area contributed by atoms with E-state index in [9.17, 15) is 0 Å². The largest absolute Gasteiger partial charge is 0.348 e. The van der Waals surface area contributed by atoms with Crippen LogP contribution in [0.2, 0.25) is 0 Å². The fraction of sp³-hybridized carbons (Fsp3) is 0.588. The van der Waals surface area contributed by atoms with Gasteiger partial charge in [-0.25, -0.2) is 0 Å². The summed E-state index contributed by atoms with van der Waals surface area (Å²) in [6.07, 6.45) is 5.02. The van der Waals surface area contributed by atoms with Crippen LogP contribution in [0.4, 0.5) is 0 Å². The topological polar surface area (TPSA) is 42.2 Å².